The molecule has 0 bridgehead atoms. The summed E-state index contributed by atoms with van der Waals surface area (Å²) in [6, 6.07) is 1.99. The van der Waals surface area contributed by atoms with Crippen molar-refractivity contribution in [3.05, 3.63) is 29.1 Å². The molecule has 0 fully saturated rings. The van der Waals surface area contributed by atoms with Crippen LogP contribution >= 0.6 is 0 Å². The minimum atomic E-state index is 0.0598. The zero-order valence-corrected chi connectivity index (χ0v) is 7.46. The number of nitrogens with zero attached hydrogens (tertiary/aromatic N) is 1. The molecule has 0 aliphatic rings. The van der Waals surface area contributed by atoms with E-state index in [0.717, 1.165) is 23.4 Å². The number of hydrogen-bond acceptors (Lipinski definition) is 3. The number of aryl methyl sites for hydroxylation is 1. The fourth-order valence-corrected chi connectivity index (χ4v) is 1.14. The first-order valence-electron chi connectivity index (χ1n) is 3.97. The lowest BCUT2D eigenvalue weighted by molar-refractivity contribution is 0.280. The topological polar surface area (TPSA) is 45.2 Å². The van der Waals surface area contributed by atoms with Crippen LogP contribution in [0.2, 0.25) is 0 Å². The molecule has 0 saturated heterocycles. The second kappa shape index (κ2) is 4.18. The van der Waals surface area contributed by atoms with Crippen LogP contribution in [-0.2, 0) is 13.2 Å². The van der Waals surface area contributed by atoms with Gasteiger partial charge in [-0.3, -0.25) is 4.98 Å². The highest BCUT2D eigenvalue weighted by Gasteiger charge is 2.00. The van der Waals surface area contributed by atoms with Gasteiger partial charge in [0.1, 0.15) is 0 Å². The number of nitrogens with one attached hydrogen (secondary N) is 1. The zero-order valence-electron chi connectivity index (χ0n) is 7.46. The molecule has 1 aromatic rings. The molecule has 0 radical (unpaired) electrons. The molecule has 0 spiro atoms. The number of pyridine rings is 1. The Labute approximate surface area is 72.5 Å². The van der Waals surface area contributed by atoms with Gasteiger partial charge in [-0.05, 0) is 25.6 Å². The number of rotatable bonds is 3. The third kappa shape index (κ3) is 2.03. The van der Waals surface area contributed by atoms with E-state index in [9.17, 15) is 0 Å². The van der Waals surface area contributed by atoms with Crippen LogP contribution in [0.1, 0.15) is 16.8 Å². The summed E-state index contributed by atoms with van der Waals surface area (Å²) < 4.78 is 0. The second-order valence-corrected chi connectivity index (χ2v) is 2.78. The van der Waals surface area contributed by atoms with E-state index < -0.39 is 0 Å². The highest BCUT2D eigenvalue weighted by atomic mass is 16.3. The predicted octanol–water partition coefficient (Wildman–Crippen LogP) is 0.602. The Morgan fingerprint density at radius 1 is 1.50 bits per heavy atom. The molecule has 1 rings (SSSR count). The minimum absolute atomic E-state index is 0.0598. The van der Waals surface area contributed by atoms with Gasteiger partial charge in [-0.15, -0.1) is 0 Å². The summed E-state index contributed by atoms with van der Waals surface area (Å²) in [6.07, 6.45) is 1.72. The van der Waals surface area contributed by atoms with Gasteiger partial charge in [-0.25, -0.2) is 0 Å². The van der Waals surface area contributed by atoms with Gasteiger partial charge in [0, 0.05) is 24.0 Å². The molecular weight excluding hydrogens is 152 g/mol. The molecule has 0 aliphatic heterocycles. The zero-order chi connectivity index (χ0) is 8.97. The maximum absolute atomic E-state index is 8.97. The lowest BCUT2D eigenvalue weighted by atomic mass is 10.1. The molecule has 0 amide bonds. The smallest absolute Gasteiger partial charge is 0.0700 e. The van der Waals surface area contributed by atoms with Crippen LogP contribution in [0.25, 0.3) is 0 Å². The lowest BCUT2D eigenvalue weighted by Crippen LogP contribution is -2.08. The van der Waals surface area contributed by atoms with Gasteiger partial charge in [0.25, 0.3) is 0 Å². The Morgan fingerprint density at radius 3 is 2.83 bits per heavy atom. The van der Waals surface area contributed by atoms with Gasteiger partial charge in [-0.2, -0.15) is 0 Å². The van der Waals surface area contributed by atoms with E-state index in [2.05, 4.69) is 10.3 Å². The van der Waals surface area contributed by atoms with E-state index in [0.29, 0.717) is 0 Å². The van der Waals surface area contributed by atoms with Crippen molar-refractivity contribution in [1.29, 1.82) is 0 Å². The van der Waals surface area contributed by atoms with Crippen molar-refractivity contribution in [2.24, 2.45) is 0 Å². The third-order valence-corrected chi connectivity index (χ3v) is 1.76. The number of aliphatic hydroxyl groups excluding tert-OH is 1. The van der Waals surface area contributed by atoms with Crippen molar-refractivity contribution >= 4 is 0 Å². The summed E-state index contributed by atoms with van der Waals surface area (Å²) in [5.41, 5.74) is 3.00. The predicted molar refractivity (Wildman–Crippen MR) is 47.7 cm³/mol. The van der Waals surface area contributed by atoms with Gasteiger partial charge in [0.05, 0.1) is 6.61 Å². The Bertz CT molecular complexity index is 261. The molecule has 66 valence electrons. The molecule has 0 aromatic carbocycles. The third-order valence-electron chi connectivity index (χ3n) is 1.76. The summed E-state index contributed by atoms with van der Waals surface area (Å²) in [6.45, 7) is 2.78. The molecule has 1 aromatic heterocycles. The average molecular weight is 166 g/mol. The fourth-order valence-electron chi connectivity index (χ4n) is 1.14. The number of aliphatic hydroxyl groups is 1. The lowest BCUT2D eigenvalue weighted by Gasteiger charge is -2.06. The van der Waals surface area contributed by atoms with Gasteiger partial charge >= 0.3 is 0 Å². The van der Waals surface area contributed by atoms with E-state index in [-0.39, 0.29) is 6.61 Å². The van der Waals surface area contributed by atoms with Gasteiger partial charge in [-0.1, -0.05) is 0 Å². The standard InChI is InChI=1S/C9H14N2O/c1-7-3-8(4-10-2)9(6-12)5-11-7/h3,5,10,12H,4,6H2,1-2H3. The van der Waals surface area contributed by atoms with Crippen molar-refractivity contribution in [3.8, 4) is 0 Å². The Morgan fingerprint density at radius 2 is 2.25 bits per heavy atom. The fraction of sp³-hybridized carbons (Fsp3) is 0.444. The SMILES string of the molecule is CNCc1cc(C)ncc1CO. The van der Waals surface area contributed by atoms with Crippen molar-refractivity contribution < 1.29 is 5.11 Å². The summed E-state index contributed by atoms with van der Waals surface area (Å²) in [5.74, 6) is 0. The number of hydrogen-bond donors (Lipinski definition) is 2. The van der Waals surface area contributed by atoms with Crippen LogP contribution in [0.5, 0.6) is 0 Å². The molecule has 0 atom stereocenters. The highest BCUT2D eigenvalue weighted by Crippen LogP contribution is 2.08. The minimum Gasteiger partial charge on any atom is -0.392 e. The maximum atomic E-state index is 8.97. The van der Waals surface area contributed by atoms with E-state index in [4.69, 9.17) is 5.11 Å². The normalized spacial score (nSPS) is 10.2. The van der Waals surface area contributed by atoms with Crippen LogP contribution < -0.4 is 5.32 Å². The Balaban J connectivity index is 2.95. The maximum Gasteiger partial charge on any atom is 0.0700 e. The van der Waals surface area contributed by atoms with Gasteiger partial charge in [0.15, 0.2) is 0 Å². The largest absolute Gasteiger partial charge is 0.392 e. The molecule has 0 unspecified atom stereocenters. The quantitative estimate of drug-likeness (QED) is 0.691. The first-order valence-corrected chi connectivity index (χ1v) is 3.97. The first kappa shape index (κ1) is 9.16. The summed E-state index contributed by atoms with van der Waals surface area (Å²) >= 11 is 0. The van der Waals surface area contributed by atoms with Gasteiger partial charge < -0.3 is 10.4 Å². The van der Waals surface area contributed by atoms with Crippen molar-refractivity contribution in [1.82, 2.24) is 10.3 Å². The molecular formula is C9H14N2O. The molecule has 0 aliphatic carbocycles. The van der Waals surface area contributed by atoms with Crippen molar-refractivity contribution in [2.75, 3.05) is 7.05 Å². The van der Waals surface area contributed by atoms with Crippen LogP contribution in [0.4, 0.5) is 0 Å². The Hall–Kier alpha value is -0.930. The average Bonchev–Trinajstić information content (AvgIpc) is 2.05. The number of aromatic nitrogens is 1. The second-order valence-electron chi connectivity index (χ2n) is 2.78. The van der Waals surface area contributed by atoms with Crippen molar-refractivity contribution in [2.45, 2.75) is 20.1 Å². The Kier molecular flexibility index (Phi) is 3.19. The molecule has 3 nitrogen and oxygen atoms in total. The molecule has 0 saturated carbocycles. The molecule has 1 heterocycles. The molecule has 12 heavy (non-hydrogen) atoms. The summed E-state index contributed by atoms with van der Waals surface area (Å²) in [7, 11) is 1.89. The van der Waals surface area contributed by atoms with E-state index in [1.54, 1.807) is 6.20 Å². The molecule has 2 N–H and O–H groups in total. The van der Waals surface area contributed by atoms with E-state index in [1.165, 1.54) is 0 Å². The van der Waals surface area contributed by atoms with Gasteiger partial charge in [0.2, 0.25) is 0 Å². The van der Waals surface area contributed by atoms with Crippen LogP contribution in [0.3, 0.4) is 0 Å². The monoisotopic (exact) mass is 166 g/mol. The van der Waals surface area contributed by atoms with Crippen LogP contribution in [0, 0.1) is 6.92 Å². The molecule has 3 heteroatoms. The van der Waals surface area contributed by atoms with Crippen LogP contribution in [0.15, 0.2) is 12.3 Å². The van der Waals surface area contributed by atoms with E-state index >= 15 is 0 Å². The van der Waals surface area contributed by atoms with Crippen LogP contribution in [-0.4, -0.2) is 17.1 Å². The van der Waals surface area contributed by atoms with E-state index in [1.807, 2.05) is 20.0 Å². The highest BCUT2D eigenvalue weighted by molar-refractivity contribution is 5.25. The summed E-state index contributed by atoms with van der Waals surface area (Å²) in [5, 5.41) is 12.0. The van der Waals surface area contributed by atoms with Crippen molar-refractivity contribution in [3.63, 3.8) is 0 Å². The summed E-state index contributed by atoms with van der Waals surface area (Å²) in [4.78, 5) is 4.11. The first-order chi connectivity index (χ1) is 5.77.